The maximum absolute atomic E-state index is 9.41. The summed E-state index contributed by atoms with van der Waals surface area (Å²) in [6, 6.07) is 0. The molecule has 23 heavy (non-hydrogen) atoms. The van der Waals surface area contributed by atoms with Crippen molar-refractivity contribution in [2.75, 3.05) is 12.4 Å². The number of aliphatic hydroxyl groups is 1. The molecule has 4 heteroatoms. The number of allylic oxidation sites excluding steroid dienone is 6. The molecule has 0 radical (unpaired) electrons. The molecule has 0 bridgehead atoms. The van der Waals surface area contributed by atoms with Gasteiger partial charge in [0.05, 0.1) is 12.3 Å². The standard InChI is InChI=1S/C19H27NOS2/c1-4-5-14(7-6-13(2)3)10-15-8-9-22-19-17(18(15)20)11-16(12-21)23-19/h4,6-7,10,13-14,16,20-21H,1,5,8-9,11-12H2,2-3H3/b7-6-,15-10-,20-18?. The maximum atomic E-state index is 9.41. The van der Waals surface area contributed by atoms with Crippen molar-refractivity contribution in [3.8, 4) is 0 Å². The van der Waals surface area contributed by atoms with E-state index < -0.39 is 0 Å². The average Bonchev–Trinajstić information content (AvgIpc) is 2.88. The largest absolute Gasteiger partial charge is 0.395 e. The van der Waals surface area contributed by atoms with Crippen molar-refractivity contribution in [1.82, 2.24) is 0 Å². The molecular formula is C19H27NOS2. The predicted octanol–water partition coefficient (Wildman–Crippen LogP) is 5.18. The molecule has 2 nitrogen and oxygen atoms in total. The van der Waals surface area contributed by atoms with Crippen molar-refractivity contribution in [1.29, 1.82) is 5.41 Å². The summed E-state index contributed by atoms with van der Waals surface area (Å²) < 4.78 is 1.26. The van der Waals surface area contributed by atoms with E-state index in [1.165, 1.54) is 4.24 Å². The molecule has 0 aliphatic carbocycles. The van der Waals surface area contributed by atoms with Crippen LogP contribution in [0.4, 0.5) is 0 Å². The molecular weight excluding hydrogens is 322 g/mol. The van der Waals surface area contributed by atoms with Gasteiger partial charge in [-0.05, 0) is 42.2 Å². The predicted molar refractivity (Wildman–Crippen MR) is 105 cm³/mol. The van der Waals surface area contributed by atoms with Gasteiger partial charge in [-0.1, -0.05) is 38.2 Å². The van der Waals surface area contributed by atoms with Gasteiger partial charge in [-0.3, -0.25) is 0 Å². The van der Waals surface area contributed by atoms with Crippen LogP contribution in [0.25, 0.3) is 0 Å². The molecule has 2 N–H and O–H groups in total. The lowest BCUT2D eigenvalue weighted by molar-refractivity contribution is 0.295. The Hall–Kier alpha value is -0.710. The van der Waals surface area contributed by atoms with Crippen LogP contribution in [-0.4, -0.2) is 28.4 Å². The fraction of sp³-hybridized carbons (Fsp3) is 0.526. The van der Waals surface area contributed by atoms with E-state index in [1.807, 2.05) is 17.8 Å². The van der Waals surface area contributed by atoms with Gasteiger partial charge >= 0.3 is 0 Å². The lowest BCUT2D eigenvalue weighted by Crippen LogP contribution is -2.11. The first-order valence-corrected chi connectivity index (χ1v) is 10.1. The van der Waals surface area contributed by atoms with Gasteiger partial charge in [-0.2, -0.15) is 0 Å². The van der Waals surface area contributed by atoms with Crippen LogP contribution in [0.1, 0.15) is 33.1 Å². The summed E-state index contributed by atoms with van der Waals surface area (Å²) in [5, 5.41) is 18.3. The average molecular weight is 350 g/mol. The zero-order valence-corrected chi connectivity index (χ0v) is 15.7. The minimum absolute atomic E-state index is 0.195. The van der Waals surface area contributed by atoms with Crippen LogP contribution in [0, 0.1) is 17.2 Å². The van der Waals surface area contributed by atoms with E-state index in [9.17, 15) is 5.11 Å². The van der Waals surface area contributed by atoms with Gasteiger partial charge in [0, 0.05) is 15.2 Å². The molecule has 0 amide bonds. The Morgan fingerprint density at radius 1 is 1.39 bits per heavy atom. The Balaban J connectivity index is 2.20. The molecule has 2 aliphatic rings. The maximum Gasteiger partial charge on any atom is 0.0618 e. The highest BCUT2D eigenvalue weighted by Gasteiger charge is 2.30. The third kappa shape index (κ3) is 5.13. The summed E-state index contributed by atoms with van der Waals surface area (Å²) in [5.74, 6) is 1.88. The van der Waals surface area contributed by atoms with E-state index in [2.05, 4.69) is 38.7 Å². The first kappa shape index (κ1) is 18.6. The summed E-state index contributed by atoms with van der Waals surface area (Å²) in [7, 11) is 0. The zero-order valence-electron chi connectivity index (χ0n) is 14.0. The molecule has 0 aromatic heterocycles. The van der Waals surface area contributed by atoms with E-state index in [0.29, 0.717) is 17.5 Å². The van der Waals surface area contributed by atoms with Crippen LogP contribution in [0.3, 0.4) is 0 Å². The molecule has 2 atom stereocenters. The van der Waals surface area contributed by atoms with Crippen molar-refractivity contribution < 1.29 is 5.11 Å². The van der Waals surface area contributed by atoms with Gasteiger partial charge in [0.25, 0.3) is 0 Å². The van der Waals surface area contributed by atoms with Gasteiger partial charge in [-0.15, -0.1) is 30.1 Å². The molecule has 0 saturated carbocycles. The van der Waals surface area contributed by atoms with Gasteiger partial charge in [0.1, 0.15) is 0 Å². The number of rotatable bonds is 6. The number of thioether (sulfide) groups is 2. The summed E-state index contributed by atoms with van der Waals surface area (Å²) in [6.45, 7) is 8.43. The second kappa shape index (κ2) is 8.95. The topological polar surface area (TPSA) is 44.1 Å². The Kier molecular flexibility index (Phi) is 7.25. The highest BCUT2D eigenvalue weighted by Crippen LogP contribution is 2.47. The zero-order chi connectivity index (χ0) is 16.8. The normalized spacial score (nSPS) is 25.3. The van der Waals surface area contributed by atoms with Crippen LogP contribution < -0.4 is 0 Å². The van der Waals surface area contributed by atoms with Crippen LogP contribution in [0.15, 0.2) is 46.3 Å². The molecule has 2 rings (SSSR count). The van der Waals surface area contributed by atoms with Crippen LogP contribution >= 0.6 is 23.5 Å². The Bertz CT molecular complexity index is 546. The minimum Gasteiger partial charge on any atom is -0.395 e. The Morgan fingerprint density at radius 3 is 2.83 bits per heavy atom. The number of aliphatic hydroxyl groups excluding tert-OH is 1. The number of nitrogens with one attached hydrogen (secondary N) is 1. The minimum atomic E-state index is 0.195. The molecule has 126 valence electrons. The highest BCUT2D eigenvalue weighted by molar-refractivity contribution is 8.22. The van der Waals surface area contributed by atoms with Crippen LogP contribution in [-0.2, 0) is 0 Å². The fourth-order valence-electron chi connectivity index (χ4n) is 2.76. The molecule has 0 saturated heterocycles. The third-order valence-electron chi connectivity index (χ3n) is 3.98. The van der Waals surface area contributed by atoms with Gasteiger partial charge in [0.2, 0.25) is 0 Å². The summed E-state index contributed by atoms with van der Waals surface area (Å²) in [5.41, 5.74) is 3.00. The quantitative estimate of drug-likeness (QED) is 0.649. The number of hydrogen-bond acceptors (Lipinski definition) is 4. The summed E-state index contributed by atoms with van der Waals surface area (Å²) >= 11 is 3.60. The van der Waals surface area contributed by atoms with Crippen molar-refractivity contribution >= 4 is 29.2 Å². The third-order valence-corrected chi connectivity index (χ3v) is 6.65. The van der Waals surface area contributed by atoms with Crippen molar-refractivity contribution in [3.05, 3.63) is 46.3 Å². The second-order valence-electron chi connectivity index (χ2n) is 6.38. The van der Waals surface area contributed by atoms with E-state index >= 15 is 0 Å². The molecule has 0 spiro atoms. The van der Waals surface area contributed by atoms with Crippen molar-refractivity contribution in [3.63, 3.8) is 0 Å². The lowest BCUT2D eigenvalue weighted by Gasteiger charge is -2.13. The molecule has 0 aromatic carbocycles. The molecule has 2 heterocycles. The second-order valence-corrected chi connectivity index (χ2v) is 9.05. The lowest BCUT2D eigenvalue weighted by atomic mass is 9.93. The molecule has 0 fully saturated rings. The monoisotopic (exact) mass is 349 g/mol. The van der Waals surface area contributed by atoms with E-state index in [0.717, 1.165) is 36.2 Å². The number of hydrogen-bond donors (Lipinski definition) is 2. The summed E-state index contributed by atoms with van der Waals surface area (Å²) in [4.78, 5) is 0. The Morgan fingerprint density at radius 2 is 2.17 bits per heavy atom. The SMILES string of the molecule is C=CCC(/C=C\C(C)C)/C=C1/CCSC2=C(CC(CO)S2)C1=N. The molecule has 0 aromatic rings. The first-order chi connectivity index (χ1) is 11.0. The Labute approximate surface area is 148 Å². The van der Waals surface area contributed by atoms with Gasteiger partial charge in [-0.25, -0.2) is 0 Å². The smallest absolute Gasteiger partial charge is 0.0618 e. The van der Waals surface area contributed by atoms with Crippen molar-refractivity contribution in [2.45, 2.75) is 38.4 Å². The summed E-state index contributed by atoms with van der Waals surface area (Å²) in [6.07, 6.45) is 11.4. The van der Waals surface area contributed by atoms with Gasteiger partial charge < -0.3 is 10.5 Å². The van der Waals surface area contributed by atoms with Crippen molar-refractivity contribution in [2.24, 2.45) is 11.8 Å². The molecule has 2 unspecified atom stereocenters. The van der Waals surface area contributed by atoms with E-state index in [-0.39, 0.29) is 11.9 Å². The molecule has 2 aliphatic heterocycles. The van der Waals surface area contributed by atoms with Crippen LogP contribution in [0.5, 0.6) is 0 Å². The van der Waals surface area contributed by atoms with E-state index in [4.69, 9.17) is 5.41 Å². The van der Waals surface area contributed by atoms with Crippen LogP contribution in [0.2, 0.25) is 0 Å². The van der Waals surface area contributed by atoms with E-state index in [1.54, 1.807) is 11.8 Å². The first-order valence-electron chi connectivity index (χ1n) is 8.27. The highest BCUT2D eigenvalue weighted by atomic mass is 32.2. The van der Waals surface area contributed by atoms with Gasteiger partial charge in [0.15, 0.2) is 0 Å². The fourth-order valence-corrected chi connectivity index (χ4v) is 5.51.